The van der Waals surface area contributed by atoms with Crippen molar-refractivity contribution in [2.75, 3.05) is 0 Å². The molecule has 0 radical (unpaired) electrons. The highest BCUT2D eigenvalue weighted by molar-refractivity contribution is 7.18. The molecule has 4 nitrogen and oxygen atoms in total. The summed E-state index contributed by atoms with van der Waals surface area (Å²) in [6.07, 6.45) is 4.24. The Bertz CT molecular complexity index is 669. The molecule has 0 fully saturated rings. The first-order chi connectivity index (χ1) is 8.72. The Kier molecular flexibility index (Phi) is 2.60. The lowest BCUT2D eigenvalue weighted by molar-refractivity contribution is 0.0702. The Hall–Kier alpha value is -2.14. The fraction of sp³-hybridized carbons (Fsp3) is 0.0769. The molecule has 0 aliphatic heterocycles. The minimum absolute atomic E-state index is 0.309. The summed E-state index contributed by atoms with van der Waals surface area (Å²) in [5, 5.41) is 8.88. The van der Waals surface area contributed by atoms with Crippen LogP contribution in [0.2, 0.25) is 0 Å². The second kappa shape index (κ2) is 4.27. The average molecular weight is 258 g/mol. The zero-order chi connectivity index (χ0) is 12.5. The van der Waals surface area contributed by atoms with Crippen LogP contribution in [0.1, 0.15) is 20.9 Å². The van der Waals surface area contributed by atoms with E-state index in [0.717, 1.165) is 17.1 Å². The molecule has 0 saturated heterocycles. The molecule has 2 heterocycles. The normalized spacial score (nSPS) is 10.9. The number of thiazole rings is 1. The number of nitrogens with zero attached hydrogens (tertiary/aromatic N) is 2. The zero-order valence-electron chi connectivity index (χ0n) is 9.41. The molecule has 0 atom stereocenters. The lowest BCUT2D eigenvalue weighted by atomic mass is 10.1. The zero-order valence-corrected chi connectivity index (χ0v) is 10.2. The number of fused-ring (bicyclic) bond motifs is 1. The van der Waals surface area contributed by atoms with Crippen molar-refractivity contribution in [3.63, 3.8) is 0 Å². The number of carboxylic acids is 1. The third-order valence-electron chi connectivity index (χ3n) is 2.64. The Balaban J connectivity index is 1.90. The Morgan fingerprint density at radius 2 is 2.06 bits per heavy atom. The van der Waals surface area contributed by atoms with E-state index in [-0.39, 0.29) is 0 Å². The number of carboxylic acid groups (broad SMARTS) is 1. The lowest BCUT2D eigenvalue weighted by Crippen LogP contribution is -1.91. The van der Waals surface area contributed by atoms with Crippen LogP contribution >= 0.6 is 11.3 Å². The predicted octanol–water partition coefficient (Wildman–Crippen LogP) is 2.68. The summed E-state index contributed by atoms with van der Waals surface area (Å²) in [5.41, 5.74) is 2.14. The van der Waals surface area contributed by atoms with Gasteiger partial charge < -0.3 is 5.11 Å². The van der Waals surface area contributed by atoms with Crippen molar-refractivity contribution in [2.24, 2.45) is 0 Å². The number of imidazole rings is 1. The number of hydrogen-bond acceptors (Lipinski definition) is 3. The highest BCUT2D eigenvalue weighted by Gasteiger charge is 2.11. The molecule has 0 amide bonds. The molecule has 0 bridgehead atoms. The molecular formula is C13H10N2O2S. The summed E-state index contributed by atoms with van der Waals surface area (Å²) in [6, 6.07) is 10.1. The van der Waals surface area contributed by atoms with E-state index < -0.39 is 5.97 Å². The van der Waals surface area contributed by atoms with Gasteiger partial charge in [-0.15, -0.1) is 0 Å². The maximum Gasteiger partial charge on any atom is 0.347 e. The first-order valence-electron chi connectivity index (χ1n) is 5.47. The van der Waals surface area contributed by atoms with Gasteiger partial charge in [-0.05, 0) is 5.56 Å². The number of benzene rings is 1. The quantitative estimate of drug-likeness (QED) is 0.785. The van der Waals surface area contributed by atoms with Crippen molar-refractivity contribution < 1.29 is 9.90 Å². The third kappa shape index (κ3) is 2.00. The van der Waals surface area contributed by atoms with Gasteiger partial charge in [0, 0.05) is 18.8 Å². The van der Waals surface area contributed by atoms with Gasteiger partial charge in [0.2, 0.25) is 0 Å². The highest BCUT2D eigenvalue weighted by atomic mass is 32.1. The summed E-state index contributed by atoms with van der Waals surface area (Å²) < 4.78 is 1.77. The molecule has 0 spiro atoms. The molecule has 18 heavy (non-hydrogen) atoms. The van der Waals surface area contributed by atoms with E-state index in [9.17, 15) is 4.79 Å². The van der Waals surface area contributed by atoms with Gasteiger partial charge in [0.05, 0.1) is 5.69 Å². The van der Waals surface area contributed by atoms with Gasteiger partial charge in [0.25, 0.3) is 0 Å². The van der Waals surface area contributed by atoms with E-state index in [1.54, 1.807) is 10.6 Å². The van der Waals surface area contributed by atoms with Crippen LogP contribution in [-0.4, -0.2) is 20.5 Å². The van der Waals surface area contributed by atoms with Crippen molar-refractivity contribution in [1.82, 2.24) is 9.38 Å². The van der Waals surface area contributed by atoms with E-state index in [4.69, 9.17) is 5.11 Å². The van der Waals surface area contributed by atoms with Gasteiger partial charge in [-0.3, -0.25) is 4.40 Å². The molecular weight excluding hydrogens is 248 g/mol. The molecule has 90 valence electrons. The maximum absolute atomic E-state index is 10.8. The third-order valence-corrected chi connectivity index (χ3v) is 3.63. The number of hydrogen-bond donors (Lipinski definition) is 1. The van der Waals surface area contributed by atoms with Gasteiger partial charge in [-0.1, -0.05) is 41.7 Å². The maximum atomic E-state index is 10.8. The smallest absolute Gasteiger partial charge is 0.347 e. The number of rotatable bonds is 3. The molecule has 3 aromatic rings. The minimum Gasteiger partial charge on any atom is -0.477 e. The predicted molar refractivity (Wildman–Crippen MR) is 69.3 cm³/mol. The molecule has 2 aromatic heterocycles. The molecule has 5 heteroatoms. The number of carbonyl (C=O) groups is 1. The van der Waals surface area contributed by atoms with Gasteiger partial charge >= 0.3 is 5.97 Å². The van der Waals surface area contributed by atoms with Crippen LogP contribution < -0.4 is 0 Å². The first kappa shape index (κ1) is 11.0. The van der Waals surface area contributed by atoms with Crippen LogP contribution in [0.15, 0.2) is 42.7 Å². The van der Waals surface area contributed by atoms with Crippen LogP contribution in [0.5, 0.6) is 0 Å². The van der Waals surface area contributed by atoms with Crippen molar-refractivity contribution in [3.05, 3.63) is 58.9 Å². The lowest BCUT2D eigenvalue weighted by Gasteiger charge is -1.95. The Morgan fingerprint density at radius 1 is 1.28 bits per heavy atom. The first-order valence-corrected chi connectivity index (χ1v) is 6.28. The fourth-order valence-electron chi connectivity index (χ4n) is 1.83. The van der Waals surface area contributed by atoms with Crippen molar-refractivity contribution in [1.29, 1.82) is 0 Å². The largest absolute Gasteiger partial charge is 0.477 e. The average Bonchev–Trinajstić information content (AvgIpc) is 2.88. The van der Waals surface area contributed by atoms with Gasteiger partial charge in [0.15, 0.2) is 4.96 Å². The topological polar surface area (TPSA) is 54.6 Å². The highest BCUT2D eigenvalue weighted by Crippen LogP contribution is 2.19. The van der Waals surface area contributed by atoms with E-state index in [1.807, 2.05) is 24.4 Å². The fourth-order valence-corrected chi connectivity index (χ4v) is 2.66. The number of aromatic nitrogens is 2. The van der Waals surface area contributed by atoms with Gasteiger partial charge in [-0.2, -0.15) is 0 Å². The molecule has 3 rings (SSSR count). The monoisotopic (exact) mass is 258 g/mol. The second-order valence-electron chi connectivity index (χ2n) is 3.99. The number of aromatic carboxylic acids is 1. The Morgan fingerprint density at radius 3 is 2.72 bits per heavy atom. The van der Waals surface area contributed by atoms with E-state index in [2.05, 4.69) is 17.1 Å². The van der Waals surface area contributed by atoms with Crippen molar-refractivity contribution in [2.45, 2.75) is 6.42 Å². The summed E-state index contributed by atoms with van der Waals surface area (Å²) in [6.45, 7) is 0. The molecule has 0 aliphatic carbocycles. The summed E-state index contributed by atoms with van der Waals surface area (Å²) >= 11 is 1.19. The van der Waals surface area contributed by atoms with Crippen molar-refractivity contribution in [3.8, 4) is 0 Å². The van der Waals surface area contributed by atoms with E-state index in [0.29, 0.717) is 4.88 Å². The van der Waals surface area contributed by atoms with E-state index >= 15 is 0 Å². The van der Waals surface area contributed by atoms with Gasteiger partial charge in [-0.25, -0.2) is 9.78 Å². The van der Waals surface area contributed by atoms with Crippen LogP contribution in [0.4, 0.5) is 0 Å². The second-order valence-corrected chi connectivity index (χ2v) is 4.99. The molecule has 0 unspecified atom stereocenters. The molecule has 1 aromatic carbocycles. The standard InChI is InChI=1S/C13H10N2O2S/c16-12(17)11-8-15-7-10(14-13(15)18-11)6-9-4-2-1-3-5-9/h1-5,7-8H,6H2,(H,16,17). The molecule has 1 N–H and O–H groups in total. The Labute approximate surface area is 107 Å². The molecule has 0 aliphatic rings. The van der Waals surface area contributed by atoms with Crippen LogP contribution in [0, 0.1) is 0 Å². The minimum atomic E-state index is -0.907. The van der Waals surface area contributed by atoms with Crippen LogP contribution in [0.3, 0.4) is 0 Å². The molecule has 0 saturated carbocycles. The van der Waals surface area contributed by atoms with Crippen molar-refractivity contribution >= 4 is 22.3 Å². The summed E-state index contributed by atoms with van der Waals surface area (Å²) in [7, 11) is 0. The SMILES string of the molecule is O=C(O)c1cn2cc(Cc3ccccc3)nc2s1. The van der Waals surface area contributed by atoms with Crippen LogP contribution in [-0.2, 0) is 6.42 Å². The van der Waals surface area contributed by atoms with Crippen LogP contribution in [0.25, 0.3) is 4.96 Å². The summed E-state index contributed by atoms with van der Waals surface area (Å²) in [5.74, 6) is -0.907. The van der Waals surface area contributed by atoms with Gasteiger partial charge in [0.1, 0.15) is 4.88 Å². The van der Waals surface area contributed by atoms with E-state index in [1.165, 1.54) is 16.9 Å². The summed E-state index contributed by atoms with van der Waals surface area (Å²) in [4.78, 5) is 16.3.